The topological polar surface area (TPSA) is 46.2 Å². The zero-order chi connectivity index (χ0) is 8.10. The van der Waals surface area contributed by atoms with Gasteiger partial charge in [-0.15, -0.1) is 11.3 Å². The molecule has 0 spiro atoms. The Bertz CT molecular complexity index is 182. The van der Waals surface area contributed by atoms with E-state index in [1.54, 1.807) is 11.3 Å². The lowest BCUT2D eigenvalue weighted by atomic mass is 10.1. The second kappa shape index (κ2) is 4.49. The van der Waals surface area contributed by atoms with Gasteiger partial charge in [-0.2, -0.15) is 0 Å². The SMILES string of the molecule is NCC(CO)Cc1cccs1. The normalized spacial score (nSPS) is 13.3. The van der Waals surface area contributed by atoms with E-state index in [2.05, 4.69) is 6.07 Å². The van der Waals surface area contributed by atoms with Crippen LogP contribution in [0.3, 0.4) is 0 Å². The van der Waals surface area contributed by atoms with Crippen LogP contribution in [0.15, 0.2) is 17.5 Å². The maximum Gasteiger partial charge on any atom is 0.0474 e. The highest BCUT2D eigenvalue weighted by Crippen LogP contribution is 2.13. The maximum atomic E-state index is 8.85. The molecule has 0 aromatic carbocycles. The second-order valence-corrected chi connectivity index (χ2v) is 3.60. The molecule has 1 unspecified atom stereocenters. The van der Waals surface area contributed by atoms with Gasteiger partial charge in [0, 0.05) is 11.5 Å². The van der Waals surface area contributed by atoms with Crippen LogP contribution in [-0.4, -0.2) is 18.3 Å². The van der Waals surface area contributed by atoms with Crippen LogP contribution >= 0.6 is 11.3 Å². The lowest BCUT2D eigenvalue weighted by Crippen LogP contribution is -2.19. The highest BCUT2D eigenvalue weighted by atomic mass is 32.1. The third kappa shape index (κ3) is 2.61. The second-order valence-electron chi connectivity index (χ2n) is 2.57. The van der Waals surface area contributed by atoms with Gasteiger partial charge in [0.25, 0.3) is 0 Å². The third-order valence-electron chi connectivity index (χ3n) is 1.66. The number of hydrogen-bond donors (Lipinski definition) is 2. The lowest BCUT2D eigenvalue weighted by Gasteiger charge is -2.08. The van der Waals surface area contributed by atoms with Gasteiger partial charge in [-0.05, 0) is 30.3 Å². The van der Waals surface area contributed by atoms with Gasteiger partial charge >= 0.3 is 0 Å². The van der Waals surface area contributed by atoms with Crippen molar-refractivity contribution in [3.05, 3.63) is 22.4 Å². The Labute approximate surface area is 70.7 Å². The number of aliphatic hydroxyl groups is 1. The summed E-state index contributed by atoms with van der Waals surface area (Å²) in [4.78, 5) is 1.30. The molecular weight excluding hydrogens is 158 g/mol. The van der Waals surface area contributed by atoms with Crippen molar-refractivity contribution < 1.29 is 5.11 Å². The van der Waals surface area contributed by atoms with Crippen molar-refractivity contribution in [3.8, 4) is 0 Å². The zero-order valence-electron chi connectivity index (χ0n) is 6.36. The number of nitrogens with two attached hydrogens (primary N) is 1. The molecule has 1 rings (SSSR count). The summed E-state index contributed by atoms with van der Waals surface area (Å²) < 4.78 is 0. The zero-order valence-corrected chi connectivity index (χ0v) is 7.18. The summed E-state index contributed by atoms with van der Waals surface area (Å²) in [6, 6.07) is 4.09. The van der Waals surface area contributed by atoms with Crippen LogP contribution in [0.4, 0.5) is 0 Å². The molecule has 1 heterocycles. The Kier molecular flexibility index (Phi) is 3.56. The largest absolute Gasteiger partial charge is 0.396 e. The van der Waals surface area contributed by atoms with E-state index in [1.165, 1.54) is 4.88 Å². The van der Waals surface area contributed by atoms with Crippen molar-refractivity contribution in [2.24, 2.45) is 11.7 Å². The molecule has 1 aromatic rings. The Morgan fingerprint density at radius 3 is 2.91 bits per heavy atom. The van der Waals surface area contributed by atoms with Gasteiger partial charge in [0.2, 0.25) is 0 Å². The summed E-state index contributed by atoms with van der Waals surface area (Å²) in [6.45, 7) is 0.753. The van der Waals surface area contributed by atoms with Gasteiger partial charge in [0.05, 0.1) is 0 Å². The maximum absolute atomic E-state index is 8.85. The number of rotatable bonds is 4. The molecule has 0 fully saturated rings. The molecule has 3 heteroatoms. The Morgan fingerprint density at radius 1 is 1.64 bits per heavy atom. The Balaban J connectivity index is 2.41. The molecule has 0 saturated carbocycles. The first-order valence-corrected chi connectivity index (χ1v) is 4.58. The molecule has 62 valence electrons. The van der Waals surface area contributed by atoms with Gasteiger partial charge in [-0.1, -0.05) is 6.07 Å². The minimum atomic E-state index is 0.189. The molecule has 3 N–H and O–H groups in total. The summed E-state index contributed by atoms with van der Waals surface area (Å²) in [5, 5.41) is 10.9. The molecule has 0 bridgehead atoms. The van der Waals surface area contributed by atoms with E-state index in [0.29, 0.717) is 6.54 Å². The first-order valence-electron chi connectivity index (χ1n) is 3.70. The fourth-order valence-corrected chi connectivity index (χ4v) is 1.76. The lowest BCUT2D eigenvalue weighted by molar-refractivity contribution is 0.230. The summed E-state index contributed by atoms with van der Waals surface area (Å²) >= 11 is 1.72. The quantitative estimate of drug-likeness (QED) is 0.705. The fraction of sp³-hybridized carbons (Fsp3) is 0.500. The van der Waals surface area contributed by atoms with Crippen molar-refractivity contribution in [1.82, 2.24) is 0 Å². The Hall–Kier alpha value is -0.380. The number of hydrogen-bond acceptors (Lipinski definition) is 3. The molecule has 0 aliphatic heterocycles. The minimum Gasteiger partial charge on any atom is -0.396 e. The molecule has 0 saturated heterocycles. The van der Waals surface area contributed by atoms with Gasteiger partial charge < -0.3 is 10.8 Å². The van der Waals surface area contributed by atoms with Crippen molar-refractivity contribution in [2.45, 2.75) is 6.42 Å². The molecule has 0 amide bonds. The van der Waals surface area contributed by atoms with Crippen molar-refractivity contribution in [2.75, 3.05) is 13.2 Å². The van der Waals surface area contributed by atoms with Gasteiger partial charge in [0.15, 0.2) is 0 Å². The van der Waals surface area contributed by atoms with E-state index < -0.39 is 0 Å². The van der Waals surface area contributed by atoms with Crippen LogP contribution in [0.1, 0.15) is 4.88 Å². The minimum absolute atomic E-state index is 0.189. The average Bonchev–Trinajstić information content (AvgIpc) is 2.52. The first kappa shape index (κ1) is 8.71. The summed E-state index contributed by atoms with van der Waals surface area (Å²) in [5.74, 6) is 0.230. The summed E-state index contributed by atoms with van der Waals surface area (Å²) in [5.41, 5.74) is 5.44. The number of thiophene rings is 1. The van der Waals surface area contributed by atoms with Crippen LogP contribution in [0.2, 0.25) is 0 Å². The predicted molar refractivity (Wildman–Crippen MR) is 47.7 cm³/mol. The van der Waals surface area contributed by atoms with Crippen LogP contribution < -0.4 is 5.73 Å². The van der Waals surface area contributed by atoms with Gasteiger partial charge in [-0.25, -0.2) is 0 Å². The van der Waals surface area contributed by atoms with Crippen LogP contribution in [0.5, 0.6) is 0 Å². The molecule has 0 aliphatic rings. The van der Waals surface area contributed by atoms with E-state index in [-0.39, 0.29) is 12.5 Å². The molecule has 11 heavy (non-hydrogen) atoms. The van der Waals surface area contributed by atoms with E-state index in [4.69, 9.17) is 10.8 Å². The molecule has 1 aromatic heterocycles. The van der Waals surface area contributed by atoms with Crippen LogP contribution in [0.25, 0.3) is 0 Å². The summed E-state index contributed by atoms with van der Waals surface area (Å²) in [7, 11) is 0. The first-order chi connectivity index (χ1) is 5.36. The number of aliphatic hydroxyl groups excluding tert-OH is 1. The monoisotopic (exact) mass is 171 g/mol. The van der Waals surface area contributed by atoms with E-state index in [9.17, 15) is 0 Å². The molecular formula is C8H13NOS. The molecule has 0 radical (unpaired) electrons. The fourth-order valence-electron chi connectivity index (χ4n) is 0.936. The smallest absolute Gasteiger partial charge is 0.0474 e. The van der Waals surface area contributed by atoms with E-state index in [1.807, 2.05) is 11.4 Å². The molecule has 2 nitrogen and oxygen atoms in total. The van der Waals surface area contributed by atoms with E-state index >= 15 is 0 Å². The average molecular weight is 171 g/mol. The van der Waals surface area contributed by atoms with Crippen molar-refractivity contribution >= 4 is 11.3 Å². The van der Waals surface area contributed by atoms with Gasteiger partial charge in [-0.3, -0.25) is 0 Å². The van der Waals surface area contributed by atoms with Crippen LogP contribution in [0, 0.1) is 5.92 Å². The molecule has 1 atom stereocenters. The standard InChI is InChI=1S/C8H13NOS/c9-5-7(6-10)4-8-2-1-3-11-8/h1-3,7,10H,4-6,9H2. The van der Waals surface area contributed by atoms with Crippen molar-refractivity contribution in [1.29, 1.82) is 0 Å². The van der Waals surface area contributed by atoms with Crippen LogP contribution in [-0.2, 0) is 6.42 Å². The molecule has 0 aliphatic carbocycles. The van der Waals surface area contributed by atoms with Crippen molar-refractivity contribution in [3.63, 3.8) is 0 Å². The Morgan fingerprint density at radius 2 is 2.45 bits per heavy atom. The predicted octanol–water partition coefficient (Wildman–Crippen LogP) is 0.858. The summed E-state index contributed by atoms with van der Waals surface area (Å²) in [6.07, 6.45) is 0.907. The highest BCUT2D eigenvalue weighted by molar-refractivity contribution is 7.09. The highest BCUT2D eigenvalue weighted by Gasteiger charge is 2.05. The van der Waals surface area contributed by atoms with E-state index in [0.717, 1.165) is 6.42 Å². The third-order valence-corrected chi connectivity index (χ3v) is 2.56. The van der Waals surface area contributed by atoms with Gasteiger partial charge in [0.1, 0.15) is 0 Å².